The highest BCUT2D eigenvalue weighted by Crippen LogP contribution is 2.11. The number of phenolic OH excluding ortho intramolecular Hbond substituents is 1. The Bertz CT molecular complexity index is 482. The average molecular weight is 276 g/mol. The highest BCUT2D eigenvalue weighted by Gasteiger charge is 2.16. The Morgan fingerprint density at radius 1 is 1.20 bits per heavy atom. The smallest absolute Gasteiger partial charge is 0.241 e. The van der Waals surface area contributed by atoms with E-state index >= 15 is 0 Å². The lowest BCUT2D eigenvalue weighted by molar-refractivity contribution is -0.133. The fraction of sp³-hybridized carbons (Fsp3) is 0.467. The zero-order valence-corrected chi connectivity index (χ0v) is 11.5. The summed E-state index contributed by atoms with van der Waals surface area (Å²) in [6.45, 7) is 1.64. The molecule has 0 aliphatic carbocycles. The summed E-state index contributed by atoms with van der Waals surface area (Å²) in [5.74, 6) is -0.0883. The third-order valence-electron chi connectivity index (χ3n) is 3.42. The van der Waals surface area contributed by atoms with Crippen molar-refractivity contribution in [1.29, 1.82) is 0 Å². The number of likely N-dealkylation sites (tertiary alicyclic amines) is 1. The van der Waals surface area contributed by atoms with Crippen LogP contribution in [0.5, 0.6) is 5.75 Å². The topological polar surface area (TPSA) is 69.6 Å². The number of benzene rings is 1. The number of hydrogen-bond donors (Lipinski definition) is 2. The second-order valence-corrected chi connectivity index (χ2v) is 5.06. The number of aromatic hydroxyl groups is 1. The minimum atomic E-state index is -0.207. The third kappa shape index (κ3) is 4.26. The van der Waals surface area contributed by atoms with Crippen LogP contribution < -0.4 is 5.32 Å². The van der Waals surface area contributed by atoms with Crippen molar-refractivity contribution < 1.29 is 14.7 Å². The number of nitrogens with one attached hydrogen (secondary N) is 1. The van der Waals surface area contributed by atoms with Crippen LogP contribution in [0.25, 0.3) is 0 Å². The maximum Gasteiger partial charge on any atom is 0.241 e. The van der Waals surface area contributed by atoms with Gasteiger partial charge >= 0.3 is 0 Å². The fourth-order valence-corrected chi connectivity index (χ4v) is 2.34. The molecule has 0 bridgehead atoms. The lowest BCUT2D eigenvalue weighted by Crippen LogP contribution is -2.42. The van der Waals surface area contributed by atoms with Crippen molar-refractivity contribution in [2.45, 2.75) is 25.7 Å². The fourth-order valence-electron chi connectivity index (χ4n) is 2.34. The predicted octanol–water partition coefficient (Wildman–Crippen LogP) is 1.06. The molecule has 0 spiro atoms. The minimum absolute atomic E-state index is 0.0195. The van der Waals surface area contributed by atoms with Gasteiger partial charge in [0, 0.05) is 13.1 Å². The number of amides is 2. The van der Waals surface area contributed by atoms with Gasteiger partial charge in [-0.3, -0.25) is 9.59 Å². The number of carbonyl (C=O) groups is 2. The highest BCUT2D eigenvalue weighted by atomic mass is 16.3. The molecule has 2 amide bonds. The molecule has 1 aromatic rings. The first-order valence-corrected chi connectivity index (χ1v) is 6.97. The first-order valence-electron chi connectivity index (χ1n) is 6.97. The van der Waals surface area contributed by atoms with E-state index in [1.165, 1.54) is 6.42 Å². The minimum Gasteiger partial charge on any atom is -0.508 e. The van der Waals surface area contributed by atoms with E-state index in [1.807, 2.05) is 0 Å². The summed E-state index contributed by atoms with van der Waals surface area (Å²) >= 11 is 0. The molecule has 1 fully saturated rings. The molecule has 0 saturated carbocycles. The van der Waals surface area contributed by atoms with Crippen molar-refractivity contribution >= 4 is 11.8 Å². The first kappa shape index (κ1) is 14.4. The highest BCUT2D eigenvalue weighted by molar-refractivity contribution is 5.85. The summed E-state index contributed by atoms with van der Waals surface area (Å²) in [6, 6.07) is 6.57. The maximum atomic E-state index is 11.9. The van der Waals surface area contributed by atoms with Crippen LogP contribution in [0.1, 0.15) is 24.8 Å². The zero-order valence-electron chi connectivity index (χ0n) is 11.5. The molecule has 1 heterocycles. The lowest BCUT2D eigenvalue weighted by atomic mass is 10.1. The number of nitrogens with zero attached hydrogens (tertiary/aromatic N) is 1. The van der Waals surface area contributed by atoms with Gasteiger partial charge in [-0.2, -0.15) is 0 Å². The molecule has 0 atom stereocenters. The molecular weight excluding hydrogens is 256 g/mol. The van der Waals surface area contributed by atoms with Gasteiger partial charge in [0.2, 0.25) is 11.8 Å². The van der Waals surface area contributed by atoms with Crippen LogP contribution in [0.4, 0.5) is 0 Å². The average Bonchev–Trinajstić information content (AvgIpc) is 2.46. The number of phenols is 1. The van der Waals surface area contributed by atoms with Crippen LogP contribution >= 0.6 is 0 Å². The molecule has 0 unspecified atom stereocenters. The van der Waals surface area contributed by atoms with E-state index in [4.69, 9.17) is 0 Å². The normalized spacial score (nSPS) is 14.9. The Kier molecular flexibility index (Phi) is 4.98. The molecule has 2 N–H and O–H groups in total. The molecule has 108 valence electrons. The van der Waals surface area contributed by atoms with Crippen LogP contribution in [-0.2, 0) is 16.0 Å². The van der Waals surface area contributed by atoms with Crippen molar-refractivity contribution in [3.63, 3.8) is 0 Å². The molecule has 5 heteroatoms. The van der Waals surface area contributed by atoms with E-state index < -0.39 is 0 Å². The molecule has 1 aromatic carbocycles. The molecule has 1 aliphatic rings. The van der Waals surface area contributed by atoms with Crippen LogP contribution in [0.2, 0.25) is 0 Å². The van der Waals surface area contributed by atoms with Gasteiger partial charge in [-0.25, -0.2) is 0 Å². The molecule has 2 rings (SSSR count). The van der Waals surface area contributed by atoms with Gasteiger partial charge in [0.05, 0.1) is 13.0 Å². The summed E-state index contributed by atoms with van der Waals surface area (Å²) in [7, 11) is 0. The van der Waals surface area contributed by atoms with Gasteiger partial charge < -0.3 is 15.3 Å². The van der Waals surface area contributed by atoms with Gasteiger partial charge in [-0.05, 0) is 37.0 Å². The Hall–Kier alpha value is -2.04. The Morgan fingerprint density at radius 2 is 1.95 bits per heavy atom. The monoisotopic (exact) mass is 276 g/mol. The van der Waals surface area contributed by atoms with E-state index in [2.05, 4.69) is 5.32 Å². The Labute approximate surface area is 118 Å². The zero-order chi connectivity index (χ0) is 14.4. The first-order chi connectivity index (χ1) is 9.65. The predicted molar refractivity (Wildman–Crippen MR) is 75.3 cm³/mol. The van der Waals surface area contributed by atoms with E-state index in [1.54, 1.807) is 29.2 Å². The van der Waals surface area contributed by atoms with Crippen molar-refractivity contribution in [3.05, 3.63) is 29.8 Å². The van der Waals surface area contributed by atoms with Crippen LogP contribution in [0, 0.1) is 0 Å². The summed E-state index contributed by atoms with van der Waals surface area (Å²) < 4.78 is 0. The standard InChI is InChI=1S/C15H20N2O3/c18-13-6-4-5-12(9-13)10-14(19)16-11-15(20)17-7-2-1-3-8-17/h4-6,9,18H,1-3,7-8,10-11H2,(H,16,19). The number of hydrogen-bond acceptors (Lipinski definition) is 3. The van der Waals surface area contributed by atoms with Crippen molar-refractivity contribution in [2.24, 2.45) is 0 Å². The molecule has 5 nitrogen and oxygen atoms in total. The van der Waals surface area contributed by atoms with Crippen molar-refractivity contribution in [3.8, 4) is 5.75 Å². The van der Waals surface area contributed by atoms with E-state index in [9.17, 15) is 14.7 Å². The van der Waals surface area contributed by atoms with Gasteiger partial charge in [0.1, 0.15) is 5.75 Å². The summed E-state index contributed by atoms with van der Waals surface area (Å²) in [5, 5.41) is 12.0. The second-order valence-electron chi connectivity index (χ2n) is 5.06. The SMILES string of the molecule is O=C(Cc1cccc(O)c1)NCC(=O)N1CCCCC1. The summed E-state index contributed by atoms with van der Waals surface area (Å²) in [5.41, 5.74) is 0.730. The molecule has 0 aromatic heterocycles. The van der Waals surface area contributed by atoms with Crippen LogP contribution in [0.3, 0.4) is 0 Å². The molecule has 0 radical (unpaired) electrons. The summed E-state index contributed by atoms with van der Waals surface area (Å²) in [6.07, 6.45) is 3.43. The lowest BCUT2D eigenvalue weighted by Gasteiger charge is -2.26. The Balaban J connectivity index is 1.75. The van der Waals surface area contributed by atoms with Gasteiger partial charge in [-0.15, -0.1) is 0 Å². The van der Waals surface area contributed by atoms with Gasteiger partial charge in [0.25, 0.3) is 0 Å². The summed E-state index contributed by atoms with van der Waals surface area (Å²) in [4.78, 5) is 25.4. The Morgan fingerprint density at radius 3 is 2.65 bits per heavy atom. The van der Waals surface area contributed by atoms with Crippen molar-refractivity contribution in [1.82, 2.24) is 10.2 Å². The van der Waals surface area contributed by atoms with E-state index in [0.717, 1.165) is 31.5 Å². The number of piperidine rings is 1. The van der Waals surface area contributed by atoms with Gasteiger partial charge in [-0.1, -0.05) is 12.1 Å². The quantitative estimate of drug-likeness (QED) is 0.864. The molecule has 20 heavy (non-hydrogen) atoms. The largest absolute Gasteiger partial charge is 0.508 e. The van der Waals surface area contributed by atoms with Crippen LogP contribution in [0.15, 0.2) is 24.3 Å². The number of carbonyl (C=O) groups excluding carboxylic acids is 2. The van der Waals surface area contributed by atoms with Gasteiger partial charge in [0.15, 0.2) is 0 Å². The van der Waals surface area contributed by atoms with E-state index in [-0.39, 0.29) is 30.5 Å². The maximum absolute atomic E-state index is 11.9. The molecule has 1 saturated heterocycles. The molecule has 1 aliphatic heterocycles. The number of rotatable bonds is 4. The van der Waals surface area contributed by atoms with E-state index in [0.29, 0.717) is 0 Å². The van der Waals surface area contributed by atoms with Crippen LogP contribution in [-0.4, -0.2) is 41.5 Å². The van der Waals surface area contributed by atoms with Crippen molar-refractivity contribution in [2.75, 3.05) is 19.6 Å². The molecular formula is C15H20N2O3. The third-order valence-corrected chi connectivity index (χ3v) is 3.42. The second kappa shape index (κ2) is 6.93.